The zero-order chi connectivity index (χ0) is 26.4. The third-order valence-electron chi connectivity index (χ3n) is 7.69. The van der Waals surface area contributed by atoms with Crippen molar-refractivity contribution < 1.29 is 29.0 Å². The molecule has 3 aliphatic heterocycles. The number of likely N-dealkylation sites (tertiary alicyclic amines) is 1. The number of rotatable bonds is 8. The van der Waals surface area contributed by atoms with Crippen molar-refractivity contribution in [1.82, 2.24) is 4.90 Å². The second-order valence-corrected chi connectivity index (χ2v) is 10.4. The van der Waals surface area contributed by atoms with Gasteiger partial charge in [-0.2, -0.15) is 0 Å². The molecule has 37 heavy (non-hydrogen) atoms. The summed E-state index contributed by atoms with van der Waals surface area (Å²) < 4.78 is 12.0. The molecule has 0 saturated carbocycles. The summed E-state index contributed by atoms with van der Waals surface area (Å²) in [5.41, 5.74) is -0.976. The number of hydrogen-bond acceptors (Lipinski definition) is 6. The Kier molecular flexibility index (Phi) is 6.64. The molecular formula is C27H30ClN3O6. The predicted molar refractivity (Wildman–Crippen MR) is 137 cm³/mol. The van der Waals surface area contributed by atoms with Crippen LogP contribution in [0.5, 0.6) is 5.75 Å². The Morgan fingerprint density at radius 1 is 1.08 bits per heavy atom. The topological polar surface area (TPSA) is 117 Å². The Morgan fingerprint density at radius 2 is 1.70 bits per heavy atom. The van der Waals surface area contributed by atoms with Gasteiger partial charge in [0.15, 0.2) is 0 Å². The van der Waals surface area contributed by atoms with Crippen LogP contribution in [0, 0.1) is 11.8 Å². The Morgan fingerprint density at radius 3 is 2.32 bits per heavy atom. The van der Waals surface area contributed by atoms with Gasteiger partial charge in [0, 0.05) is 22.9 Å². The molecule has 3 aliphatic rings. The summed E-state index contributed by atoms with van der Waals surface area (Å²) in [6.45, 7) is 3.90. The molecule has 9 nitrogen and oxygen atoms in total. The summed E-state index contributed by atoms with van der Waals surface area (Å²) in [6, 6.07) is 12.7. The van der Waals surface area contributed by atoms with Crippen LogP contribution >= 0.6 is 11.6 Å². The molecule has 196 valence electrons. The van der Waals surface area contributed by atoms with Crippen LogP contribution in [0.3, 0.4) is 0 Å². The molecule has 5 atom stereocenters. The molecular weight excluding hydrogens is 498 g/mol. The van der Waals surface area contributed by atoms with Gasteiger partial charge in [-0.1, -0.05) is 11.6 Å². The third-order valence-corrected chi connectivity index (χ3v) is 7.94. The maximum absolute atomic E-state index is 13.7. The standard InChI is InChI=1S/C27H30ClN3O6/c1-3-36-19-10-8-18(9-11-19)29-23(33)20-21-25(35)31(14-15-32)22(27(21)13-12-26(20,2)37-27)24(34)30-17-6-4-16(28)5-7-17/h4-11,20-22,32H,3,12-15H2,1-2H3,(H,29,33)(H,30,34)/t20-,21+,22?,26+,27?/m1/s1. The SMILES string of the molecule is CCOc1ccc(NC(=O)[C@H]2[C@H]3C(=O)N(CCO)C(C(=O)Nc4ccc(Cl)cc4)C34CC[C@]2(C)O4)cc1. The fourth-order valence-corrected chi connectivity index (χ4v) is 6.37. The summed E-state index contributed by atoms with van der Waals surface area (Å²) in [7, 11) is 0. The number of nitrogens with zero attached hydrogens (tertiary/aromatic N) is 1. The van der Waals surface area contributed by atoms with E-state index in [4.69, 9.17) is 21.1 Å². The van der Waals surface area contributed by atoms with Gasteiger partial charge in [-0.25, -0.2) is 0 Å². The van der Waals surface area contributed by atoms with Crippen LogP contribution in [0.2, 0.25) is 5.02 Å². The van der Waals surface area contributed by atoms with E-state index in [9.17, 15) is 19.5 Å². The number of anilines is 2. The first-order chi connectivity index (χ1) is 17.7. The zero-order valence-corrected chi connectivity index (χ0v) is 21.5. The number of nitrogens with one attached hydrogen (secondary N) is 2. The normalized spacial score (nSPS) is 29.8. The van der Waals surface area contributed by atoms with Gasteiger partial charge in [0.25, 0.3) is 0 Å². The highest BCUT2D eigenvalue weighted by Crippen LogP contribution is 2.63. The molecule has 5 rings (SSSR count). The van der Waals surface area contributed by atoms with Gasteiger partial charge in [0.2, 0.25) is 17.7 Å². The Balaban J connectivity index is 1.44. The van der Waals surface area contributed by atoms with Crippen LogP contribution in [0.4, 0.5) is 11.4 Å². The summed E-state index contributed by atoms with van der Waals surface area (Å²) >= 11 is 5.97. The van der Waals surface area contributed by atoms with Gasteiger partial charge in [0.1, 0.15) is 17.4 Å². The number of carbonyl (C=O) groups is 3. The van der Waals surface area contributed by atoms with E-state index in [0.717, 1.165) is 0 Å². The van der Waals surface area contributed by atoms with E-state index in [-0.39, 0.29) is 25.0 Å². The average molecular weight is 528 g/mol. The predicted octanol–water partition coefficient (Wildman–Crippen LogP) is 3.07. The molecule has 10 heteroatoms. The molecule has 0 aliphatic carbocycles. The number of carbonyl (C=O) groups excluding carboxylic acids is 3. The van der Waals surface area contributed by atoms with Crippen molar-refractivity contribution in [2.45, 2.75) is 43.9 Å². The minimum absolute atomic E-state index is 0.0386. The fourth-order valence-electron chi connectivity index (χ4n) is 6.24. The van der Waals surface area contributed by atoms with E-state index >= 15 is 0 Å². The van der Waals surface area contributed by atoms with E-state index in [1.807, 2.05) is 13.8 Å². The molecule has 2 aromatic rings. The van der Waals surface area contributed by atoms with E-state index < -0.39 is 35.0 Å². The second-order valence-electron chi connectivity index (χ2n) is 9.93. The maximum Gasteiger partial charge on any atom is 0.250 e. The number of fused-ring (bicyclic) bond motifs is 1. The van der Waals surface area contributed by atoms with Crippen molar-refractivity contribution in [3.05, 3.63) is 53.6 Å². The third kappa shape index (κ3) is 4.24. The summed E-state index contributed by atoms with van der Waals surface area (Å²) in [4.78, 5) is 42.3. The highest BCUT2D eigenvalue weighted by Gasteiger charge is 2.77. The largest absolute Gasteiger partial charge is 0.494 e. The minimum atomic E-state index is -1.17. The molecule has 3 amide bonds. The lowest BCUT2D eigenvalue weighted by Crippen LogP contribution is -2.53. The van der Waals surface area contributed by atoms with E-state index in [2.05, 4.69) is 10.6 Å². The molecule has 0 aromatic heterocycles. The molecule has 3 heterocycles. The zero-order valence-electron chi connectivity index (χ0n) is 20.7. The molecule has 3 N–H and O–H groups in total. The van der Waals surface area contributed by atoms with E-state index in [0.29, 0.717) is 41.6 Å². The van der Waals surface area contributed by atoms with Gasteiger partial charge in [0.05, 0.1) is 30.7 Å². The summed E-state index contributed by atoms with van der Waals surface area (Å²) in [5, 5.41) is 16.0. The number of aliphatic hydroxyl groups excluding tert-OH is 1. The monoisotopic (exact) mass is 527 g/mol. The first-order valence-electron chi connectivity index (χ1n) is 12.4. The molecule has 3 fully saturated rings. The molecule has 2 aromatic carbocycles. The van der Waals surface area contributed by atoms with Gasteiger partial charge in [-0.15, -0.1) is 0 Å². The van der Waals surface area contributed by atoms with Crippen molar-refractivity contribution in [3.63, 3.8) is 0 Å². The summed E-state index contributed by atoms with van der Waals surface area (Å²) in [5.74, 6) is -2.08. The second kappa shape index (κ2) is 9.63. The molecule has 0 radical (unpaired) electrons. The number of amides is 3. The molecule has 3 saturated heterocycles. The number of halogens is 1. The average Bonchev–Trinajstić information content (AvgIpc) is 3.43. The lowest BCUT2D eigenvalue weighted by Gasteiger charge is -2.33. The lowest BCUT2D eigenvalue weighted by molar-refractivity contribution is -0.143. The Bertz CT molecular complexity index is 1210. The highest BCUT2D eigenvalue weighted by molar-refractivity contribution is 6.30. The minimum Gasteiger partial charge on any atom is -0.494 e. The number of β-amino-alcohol motifs (C(OH)–C–C–N with tert-alkyl or cyclic N) is 1. The first kappa shape index (κ1) is 25.5. The van der Waals surface area contributed by atoms with Crippen molar-refractivity contribution in [3.8, 4) is 5.75 Å². The number of benzene rings is 2. The molecule has 2 bridgehead atoms. The highest BCUT2D eigenvalue weighted by atomic mass is 35.5. The molecule has 1 spiro atoms. The van der Waals surface area contributed by atoms with Gasteiger partial charge < -0.3 is 30.1 Å². The number of hydrogen-bond donors (Lipinski definition) is 3. The van der Waals surface area contributed by atoms with Crippen LogP contribution in [0.1, 0.15) is 26.7 Å². The van der Waals surface area contributed by atoms with Crippen LogP contribution in [0.25, 0.3) is 0 Å². The quantitative estimate of drug-likeness (QED) is 0.486. The van der Waals surface area contributed by atoms with Gasteiger partial charge in [-0.3, -0.25) is 14.4 Å². The molecule has 2 unspecified atom stereocenters. The maximum atomic E-state index is 13.7. The lowest BCUT2D eigenvalue weighted by atomic mass is 9.66. The Labute approximate surface area is 220 Å². The van der Waals surface area contributed by atoms with Crippen molar-refractivity contribution in [1.29, 1.82) is 0 Å². The Hall–Kier alpha value is -3.14. The van der Waals surface area contributed by atoms with E-state index in [1.165, 1.54) is 4.90 Å². The van der Waals surface area contributed by atoms with Crippen LogP contribution < -0.4 is 15.4 Å². The smallest absolute Gasteiger partial charge is 0.250 e. The first-order valence-corrected chi connectivity index (χ1v) is 12.8. The van der Waals surface area contributed by atoms with Crippen LogP contribution in [0.15, 0.2) is 48.5 Å². The van der Waals surface area contributed by atoms with Gasteiger partial charge >= 0.3 is 0 Å². The van der Waals surface area contributed by atoms with Crippen molar-refractivity contribution >= 4 is 40.7 Å². The van der Waals surface area contributed by atoms with E-state index in [1.54, 1.807) is 48.5 Å². The fraction of sp³-hybridized carbons (Fsp3) is 0.444. The van der Waals surface area contributed by atoms with Crippen molar-refractivity contribution in [2.24, 2.45) is 11.8 Å². The van der Waals surface area contributed by atoms with Crippen LogP contribution in [-0.4, -0.2) is 64.7 Å². The van der Waals surface area contributed by atoms with Crippen molar-refractivity contribution in [2.75, 3.05) is 30.4 Å². The van der Waals surface area contributed by atoms with Crippen LogP contribution in [-0.2, 0) is 19.1 Å². The number of ether oxygens (including phenoxy) is 2. The number of aliphatic hydroxyl groups is 1. The van der Waals surface area contributed by atoms with Gasteiger partial charge in [-0.05, 0) is 75.2 Å². The summed E-state index contributed by atoms with van der Waals surface area (Å²) in [6.07, 6.45) is 0.975.